The van der Waals surface area contributed by atoms with E-state index in [1.165, 1.54) is 0 Å². The van der Waals surface area contributed by atoms with Crippen LogP contribution in [0.25, 0.3) is 0 Å². The summed E-state index contributed by atoms with van der Waals surface area (Å²) in [5.74, 6) is -0.222. The number of ether oxygens (including phenoxy) is 1. The van der Waals surface area contributed by atoms with Gasteiger partial charge < -0.3 is 26.8 Å². The number of hydrogen-bond donors (Lipinski definition) is 3. The second-order valence-electron chi connectivity index (χ2n) is 4.42. The van der Waals surface area contributed by atoms with Crippen LogP contribution in [0.4, 0.5) is 11.4 Å². The van der Waals surface area contributed by atoms with Crippen LogP contribution in [0.3, 0.4) is 0 Å². The maximum absolute atomic E-state index is 9.30. The summed E-state index contributed by atoms with van der Waals surface area (Å²) in [7, 11) is 0. The first kappa shape index (κ1) is 14.6. The third kappa shape index (κ3) is 3.84. The monoisotopic (exact) mass is 287 g/mol. The lowest BCUT2D eigenvalue weighted by atomic mass is 10.1. The van der Waals surface area contributed by atoms with Gasteiger partial charge >= 0.3 is 0 Å². The zero-order chi connectivity index (χ0) is 15.2. The number of anilines is 1. The molecular weight excluding hydrogens is 270 g/mol. The van der Waals surface area contributed by atoms with Crippen molar-refractivity contribution >= 4 is 23.3 Å². The highest BCUT2D eigenvalue weighted by molar-refractivity contribution is 5.93. The van der Waals surface area contributed by atoms with E-state index < -0.39 is 0 Å². The van der Waals surface area contributed by atoms with Gasteiger partial charge in [-0.25, -0.2) is 4.99 Å². The van der Waals surface area contributed by atoms with Gasteiger partial charge in [-0.2, -0.15) is 10.3 Å². The van der Waals surface area contributed by atoms with E-state index in [1.807, 2.05) is 6.07 Å². The summed E-state index contributed by atoms with van der Waals surface area (Å²) >= 11 is 0. The number of nitrogens with two attached hydrogens (primary N) is 3. The highest BCUT2D eigenvalue weighted by Crippen LogP contribution is 2.26. The molecule has 1 aromatic carbocycles. The summed E-state index contributed by atoms with van der Waals surface area (Å²) in [6.45, 7) is 2.82. The van der Waals surface area contributed by atoms with Crippen molar-refractivity contribution in [1.29, 1.82) is 5.26 Å². The van der Waals surface area contributed by atoms with Crippen molar-refractivity contribution in [1.82, 2.24) is 0 Å². The van der Waals surface area contributed by atoms with E-state index in [0.29, 0.717) is 24.5 Å². The largest absolute Gasteiger partial charge is 0.378 e. The molecule has 0 aliphatic carbocycles. The van der Waals surface area contributed by atoms with Gasteiger partial charge in [0, 0.05) is 13.1 Å². The smallest absolute Gasteiger partial charge is 0.223 e. The Balaban J connectivity index is 2.28. The lowest BCUT2D eigenvalue weighted by molar-refractivity contribution is 0.122. The number of nitrogens with zero attached hydrogens (tertiary/aromatic N) is 4. The third-order valence-corrected chi connectivity index (χ3v) is 2.94. The van der Waals surface area contributed by atoms with E-state index >= 15 is 0 Å². The Labute approximate surface area is 122 Å². The van der Waals surface area contributed by atoms with Gasteiger partial charge in [-0.15, -0.1) is 0 Å². The number of rotatable bonds is 2. The summed E-state index contributed by atoms with van der Waals surface area (Å²) in [6, 6.07) is 7.43. The van der Waals surface area contributed by atoms with Crippen LogP contribution in [0.5, 0.6) is 0 Å². The first-order valence-corrected chi connectivity index (χ1v) is 6.41. The van der Waals surface area contributed by atoms with Crippen molar-refractivity contribution in [3.63, 3.8) is 0 Å². The molecule has 0 radical (unpaired) electrons. The lowest BCUT2D eigenvalue weighted by Crippen LogP contribution is -2.36. The normalized spacial score (nSPS) is 15.4. The maximum Gasteiger partial charge on any atom is 0.223 e. The second-order valence-corrected chi connectivity index (χ2v) is 4.42. The molecule has 1 heterocycles. The molecule has 0 spiro atoms. The molecule has 0 unspecified atom stereocenters. The van der Waals surface area contributed by atoms with Gasteiger partial charge in [0.05, 0.1) is 30.2 Å². The molecule has 8 heteroatoms. The summed E-state index contributed by atoms with van der Waals surface area (Å²) in [6.07, 6.45) is 0. The Kier molecular flexibility index (Phi) is 4.58. The van der Waals surface area contributed by atoms with Crippen LogP contribution in [-0.2, 0) is 4.74 Å². The van der Waals surface area contributed by atoms with Crippen LogP contribution in [0, 0.1) is 11.3 Å². The van der Waals surface area contributed by atoms with Gasteiger partial charge in [-0.3, -0.25) is 0 Å². The Morgan fingerprint density at radius 3 is 2.57 bits per heavy atom. The number of hydrogen-bond acceptors (Lipinski definition) is 4. The van der Waals surface area contributed by atoms with Crippen LogP contribution in [0.2, 0.25) is 0 Å². The Morgan fingerprint density at radius 2 is 1.95 bits per heavy atom. The van der Waals surface area contributed by atoms with E-state index in [4.69, 9.17) is 21.9 Å². The number of benzene rings is 1. The van der Waals surface area contributed by atoms with Crippen molar-refractivity contribution in [2.45, 2.75) is 0 Å². The minimum Gasteiger partial charge on any atom is -0.378 e. The molecule has 1 aliphatic heterocycles. The van der Waals surface area contributed by atoms with Crippen LogP contribution in [-0.4, -0.2) is 38.2 Å². The summed E-state index contributed by atoms with van der Waals surface area (Å²) < 4.78 is 5.31. The minimum absolute atomic E-state index is 0.0574. The van der Waals surface area contributed by atoms with Gasteiger partial charge in [0.25, 0.3) is 0 Å². The molecule has 2 rings (SSSR count). The molecule has 1 fully saturated rings. The zero-order valence-electron chi connectivity index (χ0n) is 11.5. The maximum atomic E-state index is 9.30. The minimum atomic E-state index is -0.165. The fourth-order valence-electron chi connectivity index (χ4n) is 2.05. The quantitative estimate of drug-likeness (QED) is 0.500. The van der Waals surface area contributed by atoms with Crippen LogP contribution >= 0.6 is 0 Å². The molecule has 0 saturated carbocycles. The van der Waals surface area contributed by atoms with Crippen molar-refractivity contribution in [3.8, 4) is 6.07 Å². The van der Waals surface area contributed by atoms with E-state index in [0.717, 1.165) is 18.8 Å². The number of guanidine groups is 2. The first-order valence-electron chi connectivity index (χ1n) is 6.41. The Bertz CT molecular complexity index is 607. The van der Waals surface area contributed by atoms with Crippen LogP contribution in [0.1, 0.15) is 5.56 Å². The van der Waals surface area contributed by atoms with Crippen molar-refractivity contribution in [2.24, 2.45) is 27.2 Å². The van der Waals surface area contributed by atoms with E-state index in [-0.39, 0.29) is 11.9 Å². The molecule has 0 bridgehead atoms. The Hall–Kier alpha value is -2.79. The molecule has 110 valence electrons. The molecule has 8 nitrogen and oxygen atoms in total. The highest BCUT2D eigenvalue weighted by atomic mass is 16.5. The van der Waals surface area contributed by atoms with Crippen molar-refractivity contribution < 1.29 is 4.74 Å². The third-order valence-electron chi connectivity index (χ3n) is 2.94. The number of aliphatic imine (C=N–C) groups is 2. The zero-order valence-corrected chi connectivity index (χ0v) is 11.5. The summed E-state index contributed by atoms with van der Waals surface area (Å²) in [5.41, 5.74) is 17.9. The number of nitriles is 1. The summed E-state index contributed by atoms with van der Waals surface area (Å²) in [4.78, 5) is 9.78. The number of morpholine rings is 1. The van der Waals surface area contributed by atoms with Crippen LogP contribution < -0.4 is 22.1 Å². The van der Waals surface area contributed by atoms with E-state index in [2.05, 4.69) is 21.0 Å². The van der Waals surface area contributed by atoms with Gasteiger partial charge in [-0.1, -0.05) is 0 Å². The predicted molar refractivity (Wildman–Crippen MR) is 81.3 cm³/mol. The van der Waals surface area contributed by atoms with Gasteiger partial charge in [0.2, 0.25) is 5.96 Å². The van der Waals surface area contributed by atoms with Crippen LogP contribution in [0.15, 0.2) is 28.2 Å². The second kappa shape index (κ2) is 6.58. The molecule has 0 atom stereocenters. The molecule has 0 amide bonds. The van der Waals surface area contributed by atoms with Gasteiger partial charge in [0.15, 0.2) is 5.96 Å². The molecular formula is C13H17N7O. The average Bonchev–Trinajstić information content (AvgIpc) is 2.47. The fourth-order valence-corrected chi connectivity index (χ4v) is 2.05. The van der Waals surface area contributed by atoms with Gasteiger partial charge in [0.1, 0.15) is 6.07 Å². The van der Waals surface area contributed by atoms with Gasteiger partial charge in [-0.05, 0) is 18.2 Å². The molecule has 21 heavy (non-hydrogen) atoms. The molecule has 1 aromatic rings. The molecule has 1 saturated heterocycles. The van der Waals surface area contributed by atoms with E-state index in [1.54, 1.807) is 12.1 Å². The predicted octanol–water partition coefficient (Wildman–Crippen LogP) is -0.386. The molecule has 6 N–H and O–H groups in total. The molecule has 0 aromatic heterocycles. The SMILES string of the molecule is N#Cc1cc(N=C(N)N=C(N)N)ccc1N1CCOCC1. The highest BCUT2D eigenvalue weighted by Gasteiger charge is 2.15. The topological polar surface area (TPSA) is 139 Å². The first-order chi connectivity index (χ1) is 10.1. The van der Waals surface area contributed by atoms with Crippen molar-refractivity contribution in [3.05, 3.63) is 23.8 Å². The Morgan fingerprint density at radius 1 is 1.24 bits per heavy atom. The summed E-state index contributed by atoms with van der Waals surface area (Å²) in [5, 5.41) is 9.30. The molecule has 1 aliphatic rings. The average molecular weight is 287 g/mol. The standard InChI is InChI=1S/C13H17N7O/c14-8-9-7-10(18-13(17)19-12(15)16)1-2-11(9)20-3-5-21-6-4-20/h1-2,7H,3-6H2,(H6,15,16,17,18,19). The fraction of sp³-hybridized carbons (Fsp3) is 0.308. The lowest BCUT2D eigenvalue weighted by Gasteiger charge is -2.29. The van der Waals surface area contributed by atoms with Crippen molar-refractivity contribution in [2.75, 3.05) is 31.2 Å². The van der Waals surface area contributed by atoms with E-state index in [9.17, 15) is 5.26 Å².